The summed E-state index contributed by atoms with van der Waals surface area (Å²) in [6.07, 6.45) is 0. The molecule has 2 nitrogen and oxygen atoms in total. The van der Waals surface area contributed by atoms with Crippen molar-refractivity contribution < 1.29 is 5.11 Å². The average molecular weight is 197 g/mol. The third-order valence-corrected chi connectivity index (χ3v) is 2.18. The number of phenolic OH excluding ortho intramolecular Hbond substituents is 1. The van der Waals surface area contributed by atoms with Gasteiger partial charge in [0.25, 0.3) is 0 Å². The Morgan fingerprint density at radius 3 is 2.62 bits per heavy atom. The van der Waals surface area contributed by atoms with Gasteiger partial charge in [-0.3, -0.25) is 0 Å². The number of benzene rings is 1. The quantitative estimate of drug-likeness (QED) is 0.723. The minimum atomic E-state index is 0.360. The highest BCUT2D eigenvalue weighted by Crippen LogP contribution is 2.20. The van der Waals surface area contributed by atoms with Gasteiger partial charge in [-0.05, 0) is 31.8 Å². The van der Waals surface area contributed by atoms with Crippen molar-refractivity contribution in [1.29, 1.82) is 0 Å². The standard InChI is InChI=1S/C10H15NOS/c1-11(2)6-9-5-8(7-13)3-4-10(9)12/h3-5,12-13H,6-7H2,1-2H3. The number of nitrogens with zero attached hydrogens (tertiary/aromatic N) is 1. The van der Waals surface area contributed by atoms with Crippen molar-refractivity contribution in [3.8, 4) is 5.75 Å². The molecule has 0 aliphatic carbocycles. The summed E-state index contributed by atoms with van der Waals surface area (Å²) in [7, 11) is 3.96. The summed E-state index contributed by atoms with van der Waals surface area (Å²) in [5.74, 6) is 1.07. The van der Waals surface area contributed by atoms with E-state index in [0.717, 1.165) is 17.7 Å². The van der Waals surface area contributed by atoms with E-state index < -0.39 is 0 Å². The molecule has 3 heteroatoms. The largest absolute Gasteiger partial charge is 0.508 e. The lowest BCUT2D eigenvalue weighted by molar-refractivity contribution is 0.385. The molecule has 0 saturated heterocycles. The van der Waals surface area contributed by atoms with Gasteiger partial charge in [-0.2, -0.15) is 12.6 Å². The first-order valence-electron chi connectivity index (χ1n) is 4.20. The molecule has 0 fully saturated rings. The normalized spacial score (nSPS) is 10.8. The molecule has 1 rings (SSSR count). The van der Waals surface area contributed by atoms with Crippen LogP contribution in [0.4, 0.5) is 0 Å². The lowest BCUT2D eigenvalue weighted by Crippen LogP contribution is -2.10. The number of aromatic hydroxyl groups is 1. The number of phenols is 1. The van der Waals surface area contributed by atoms with Crippen LogP contribution >= 0.6 is 12.6 Å². The number of hydrogen-bond donors (Lipinski definition) is 2. The predicted molar refractivity (Wildman–Crippen MR) is 58.2 cm³/mol. The van der Waals surface area contributed by atoms with E-state index >= 15 is 0 Å². The van der Waals surface area contributed by atoms with Crippen molar-refractivity contribution in [3.05, 3.63) is 29.3 Å². The molecular formula is C10H15NOS. The van der Waals surface area contributed by atoms with Gasteiger partial charge < -0.3 is 10.0 Å². The molecule has 0 radical (unpaired) electrons. The Morgan fingerprint density at radius 1 is 1.38 bits per heavy atom. The average Bonchev–Trinajstić information content (AvgIpc) is 2.08. The topological polar surface area (TPSA) is 23.5 Å². The molecule has 0 amide bonds. The minimum absolute atomic E-state index is 0.360. The predicted octanol–water partition coefficient (Wildman–Crippen LogP) is 1.88. The van der Waals surface area contributed by atoms with Crippen LogP contribution in [0, 0.1) is 0 Å². The number of thiol groups is 1. The van der Waals surface area contributed by atoms with E-state index in [0.29, 0.717) is 11.5 Å². The van der Waals surface area contributed by atoms with Crippen molar-refractivity contribution in [2.75, 3.05) is 14.1 Å². The molecule has 0 unspecified atom stereocenters. The first-order chi connectivity index (χ1) is 6.13. The molecule has 0 saturated carbocycles. The smallest absolute Gasteiger partial charge is 0.120 e. The van der Waals surface area contributed by atoms with Crippen molar-refractivity contribution in [3.63, 3.8) is 0 Å². The summed E-state index contributed by atoms with van der Waals surface area (Å²) in [6.45, 7) is 0.757. The second-order valence-corrected chi connectivity index (χ2v) is 3.68. The zero-order valence-electron chi connectivity index (χ0n) is 7.99. The highest BCUT2D eigenvalue weighted by molar-refractivity contribution is 7.79. The highest BCUT2D eigenvalue weighted by atomic mass is 32.1. The van der Waals surface area contributed by atoms with Crippen molar-refractivity contribution >= 4 is 12.6 Å². The second-order valence-electron chi connectivity index (χ2n) is 3.36. The third kappa shape index (κ3) is 2.94. The molecule has 0 heterocycles. The molecule has 13 heavy (non-hydrogen) atoms. The fraction of sp³-hybridized carbons (Fsp3) is 0.400. The van der Waals surface area contributed by atoms with E-state index in [9.17, 15) is 5.11 Å². The van der Waals surface area contributed by atoms with E-state index in [1.807, 2.05) is 31.1 Å². The van der Waals surface area contributed by atoms with Crippen LogP contribution in [0.5, 0.6) is 5.75 Å². The lowest BCUT2D eigenvalue weighted by atomic mass is 10.1. The Labute approximate surface area is 84.6 Å². The highest BCUT2D eigenvalue weighted by Gasteiger charge is 2.02. The van der Waals surface area contributed by atoms with Crippen LogP contribution in [0.25, 0.3) is 0 Å². The molecule has 1 aromatic carbocycles. The van der Waals surface area contributed by atoms with Crippen LogP contribution in [0.3, 0.4) is 0 Å². The van der Waals surface area contributed by atoms with E-state index in [4.69, 9.17) is 0 Å². The van der Waals surface area contributed by atoms with Crippen molar-refractivity contribution in [2.24, 2.45) is 0 Å². The Morgan fingerprint density at radius 2 is 2.08 bits per heavy atom. The molecule has 0 aromatic heterocycles. The fourth-order valence-corrected chi connectivity index (χ4v) is 1.40. The van der Waals surface area contributed by atoms with Crippen molar-refractivity contribution in [2.45, 2.75) is 12.3 Å². The van der Waals surface area contributed by atoms with Gasteiger partial charge in [0.05, 0.1) is 0 Å². The number of rotatable bonds is 3. The van der Waals surface area contributed by atoms with Crippen LogP contribution in [-0.2, 0) is 12.3 Å². The summed E-state index contributed by atoms with van der Waals surface area (Å²) < 4.78 is 0. The van der Waals surface area contributed by atoms with Gasteiger partial charge in [0, 0.05) is 17.9 Å². The number of hydrogen-bond acceptors (Lipinski definition) is 3. The Hall–Kier alpha value is -0.670. The maximum absolute atomic E-state index is 9.53. The van der Waals surface area contributed by atoms with E-state index in [1.165, 1.54) is 0 Å². The third-order valence-electron chi connectivity index (χ3n) is 1.81. The molecule has 72 valence electrons. The monoisotopic (exact) mass is 197 g/mol. The van der Waals surface area contributed by atoms with Crippen LogP contribution in [0.1, 0.15) is 11.1 Å². The van der Waals surface area contributed by atoms with Gasteiger partial charge in [0.1, 0.15) is 5.75 Å². The Kier molecular flexibility index (Phi) is 3.63. The van der Waals surface area contributed by atoms with E-state index in [1.54, 1.807) is 6.07 Å². The van der Waals surface area contributed by atoms with Gasteiger partial charge >= 0.3 is 0 Å². The van der Waals surface area contributed by atoms with Gasteiger partial charge in [-0.1, -0.05) is 6.07 Å². The van der Waals surface area contributed by atoms with Crippen LogP contribution in [-0.4, -0.2) is 24.1 Å². The van der Waals surface area contributed by atoms with Gasteiger partial charge in [-0.25, -0.2) is 0 Å². The maximum atomic E-state index is 9.53. The van der Waals surface area contributed by atoms with Crippen LogP contribution in [0.2, 0.25) is 0 Å². The summed E-state index contributed by atoms with van der Waals surface area (Å²) in [5, 5.41) is 9.53. The molecule has 1 aromatic rings. The molecule has 0 bridgehead atoms. The molecule has 0 spiro atoms. The molecule has 0 aliphatic heterocycles. The maximum Gasteiger partial charge on any atom is 0.120 e. The van der Waals surface area contributed by atoms with Crippen molar-refractivity contribution in [1.82, 2.24) is 4.90 Å². The zero-order chi connectivity index (χ0) is 9.84. The van der Waals surface area contributed by atoms with Gasteiger partial charge in [-0.15, -0.1) is 0 Å². The molecule has 0 atom stereocenters. The molecule has 1 N–H and O–H groups in total. The fourth-order valence-electron chi connectivity index (χ4n) is 1.20. The molecule has 0 aliphatic rings. The SMILES string of the molecule is CN(C)Cc1cc(CS)ccc1O. The van der Waals surface area contributed by atoms with E-state index in [2.05, 4.69) is 12.6 Å². The lowest BCUT2D eigenvalue weighted by Gasteiger charge is -2.11. The van der Waals surface area contributed by atoms with Gasteiger partial charge in [0.15, 0.2) is 0 Å². The first kappa shape index (κ1) is 10.4. The van der Waals surface area contributed by atoms with Gasteiger partial charge in [0.2, 0.25) is 0 Å². The summed E-state index contributed by atoms with van der Waals surface area (Å²) in [6, 6.07) is 5.61. The van der Waals surface area contributed by atoms with Crippen LogP contribution < -0.4 is 0 Å². The zero-order valence-corrected chi connectivity index (χ0v) is 8.88. The minimum Gasteiger partial charge on any atom is -0.508 e. The van der Waals surface area contributed by atoms with Crippen LogP contribution in [0.15, 0.2) is 18.2 Å². The summed E-state index contributed by atoms with van der Waals surface area (Å²) >= 11 is 4.19. The second kappa shape index (κ2) is 4.53. The van der Waals surface area contributed by atoms with E-state index in [-0.39, 0.29) is 0 Å². The summed E-state index contributed by atoms with van der Waals surface area (Å²) in [5.41, 5.74) is 2.09. The first-order valence-corrected chi connectivity index (χ1v) is 4.83. The Bertz CT molecular complexity index is 286. The Balaban J connectivity index is 2.90. The molecular weight excluding hydrogens is 182 g/mol. The summed E-state index contributed by atoms with van der Waals surface area (Å²) in [4.78, 5) is 2.03.